The van der Waals surface area contributed by atoms with E-state index >= 15 is 0 Å². The fraction of sp³-hybridized carbons (Fsp3) is 0.300. The topological polar surface area (TPSA) is 51.2 Å². The smallest absolute Gasteiger partial charge is 0.176 e. The second kappa shape index (κ2) is 3.67. The lowest BCUT2D eigenvalue weighted by Gasteiger charge is -2.02. The van der Waals surface area contributed by atoms with E-state index in [0.29, 0.717) is 6.54 Å². The molecule has 4 heteroatoms. The van der Waals surface area contributed by atoms with Crippen molar-refractivity contribution in [2.75, 3.05) is 6.61 Å². The molecule has 0 aliphatic rings. The van der Waals surface area contributed by atoms with Gasteiger partial charge in [-0.2, -0.15) is 0 Å². The monoisotopic (exact) mass is 192 g/mol. The summed E-state index contributed by atoms with van der Waals surface area (Å²) in [5.41, 5.74) is 0. The van der Waals surface area contributed by atoms with Crippen LogP contribution >= 0.6 is 0 Å². The SMILES string of the molecule is Cc1ccc(-c2nccn2CCO)o1. The fourth-order valence-electron chi connectivity index (χ4n) is 1.38. The summed E-state index contributed by atoms with van der Waals surface area (Å²) in [6.07, 6.45) is 3.52. The van der Waals surface area contributed by atoms with E-state index < -0.39 is 0 Å². The second-order valence-electron chi connectivity index (χ2n) is 3.08. The molecular formula is C10H12N2O2. The van der Waals surface area contributed by atoms with Crippen molar-refractivity contribution in [2.24, 2.45) is 0 Å². The van der Waals surface area contributed by atoms with Crippen LogP contribution in [0, 0.1) is 6.92 Å². The molecule has 2 aromatic heterocycles. The Labute approximate surface area is 81.8 Å². The van der Waals surface area contributed by atoms with Gasteiger partial charge >= 0.3 is 0 Å². The lowest BCUT2D eigenvalue weighted by atomic mass is 10.4. The van der Waals surface area contributed by atoms with Gasteiger partial charge in [0.25, 0.3) is 0 Å². The molecule has 4 nitrogen and oxygen atoms in total. The molecule has 0 spiro atoms. The van der Waals surface area contributed by atoms with Crippen LogP contribution in [0.2, 0.25) is 0 Å². The van der Waals surface area contributed by atoms with Gasteiger partial charge in [-0.15, -0.1) is 0 Å². The number of nitrogens with zero attached hydrogens (tertiary/aromatic N) is 2. The van der Waals surface area contributed by atoms with E-state index in [-0.39, 0.29) is 6.61 Å². The van der Waals surface area contributed by atoms with E-state index in [1.807, 2.05) is 29.8 Å². The Morgan fingerprint density at radius 2 is 2.36 bits per heavy atom. The zero-order chi connectivity index (χ0) is 9.97. The zero-order valence-electron chi connectivity index (χ0n) is 7.97. The number of aliphatic hydroxyl groups excluding tert-OH is 1. The third-order valence-electron chi connectivity index (χ3n) is 2.02. The predicted molar refractivity (Wildman–Crippen MR) is 51.8 cm³/mol. The molecule has 0 fully saturated rings. The van der Waals surface area contributed by atoms with Crippen LogP contribution in [0.15, 0.2) is 28.9 Å². The highest BCUT2D eigenvalue weighted by Crippen LogP contribution is 2.19. The van der Waals surface area contributed by atoms with Crippen LogP contribution in [0.5, 0.6) is 0 Å². The standard InChI is InChI=1S/C10H12N2O2/c1-8-2-3-9(14-8)10-11-4-5-12(10)6-7-13/h2-5,13H,6-7H2,1H3. The van der Waals surface area contributed by atoms with Gasteiger partial charge in [-0.25, -0.2) is 4.98 Å². The van der Waals surface area contributed by atoms with E-state index in [1.54, 1.807) is 6.20 Å². The predicted octanol–water partition coefficient (Wildman–Crippen LogP) is 1.44. The largest absolute Gasteiger partial charge is 0.458 e. The molecule has 1 N–H and O–H groups in total. The van der Waals surface area contributed by atoms with Gasteiger partial charge in [0.15, 0.2) is 11.6 Å². The molecule has 2 aromatic rings. The van der Waals surface area contributed by atoms with Crippen molar-refractivity contribution >= 4 is 0 Å². The molecule has 0 atom stereocenters. The van der Waals surface area contributed by atoms with Crippen molar-refractivity contribution in [3.63, 3.8) is 0 Å². The Bertz CT molecular complexity index is 417. The van der Waals surface area contributed by atoms with Crippen molar-refractivity contribution in [1.82, 2.24) is 9.55 Å². The number of aryl methyl sites for hydroxylation is 1. The molecule has 0 radical (unpaired) electrons. The fourth-order valence-corrected chi connectivity index (χ4v) is 1.38. The van der Waals surface area contributed by atoms with Gasteiger partial charge in [0, 0.05) is 18.9 Å². The number of rotatable bonds is 3. The molecule has 2 heterocycles. The molecule has 2 rings (SSSR count). The number of hydrogen-bond donors (Lipinski definition) is 1. The summed E-state index contributed by atoms with van der Waals surface area (Å²) in [6, 6.07) is 3.78. The van der Waals surface area contributed by atoms with Gasteiger partial charge in [-0.05, 0) is 19.1 Å². The maximum Gasteiger partial charge on any atom is 0.176 e. The maximum atomic E-state index is 8.84. The van der Waals surface area contributed by atoms with Gasteiger partial charge < -0.3 is 14.1 Å². The summed E-state index contributed by atoms with van der Waals surface area (Å²) in [6.45, 7) is 2.53. The maximum absolute atomic E-state index is 8.84. The van der Waals surface area contributed by atoms with Crippen LogP contribution in [0.4, 0.5) is 0 Å². The molecule has 0 aromatic carbocycles. The number of imidazole rings is 1. The number of aliphatic hydroxyl groups is 1. The average molecular weight is 192 g/mol. The molecule has 0 amide bonds. The second-order valence-corrected chi connectivity index (χ2v) is 3.08. The summed E-state index contributed by atoms with van der Waals surface area (Å²) in [5, 5.41) is 8.84. The van der Waals surface area contributed by atoms with Gasteiger partial charge in [-0.1, -0.05) is 0 Å². The molecule has 0 unspecified atom stereocenters. The summed E-state index contributed by atoms with van der Waals surface area (Å²) in [7, 11) is 0. The highest BCUT2D eigenvalue weighted by atomic mass is 16.3. The van der Waals surface area contributed by atoms with Gasteiger partial charge in [0.1, 0.15) is 5.76 Å². The minimum Gasteiger partial charge on any atom is -0.458 e. The van der Waals surface area contributed by atoms with E-state index in [1.165, 1.54) is 0 Å². The minimum atomic E-state index is 0.100. The number of aromatic nitrogens is 2. The molecule has 0 saturated carbocycles. The molecule has 0 saturated heterocycles. The molecular weight excluding hydrogens is 180 g/mol. The van der Waals surface area contributed by atoms with Gasteiger partial charge in [0.05, 0.1) is 6.61 Å². The Kier molecular flexibility index (Phi) is 2.37. The van der Waals surface area contributed by atoms with Crippen LogP contribution in [0.1, 0.15) is 5.76 Å². The van der Waals surface area contributed by atoms with Crippen molar-refractivity contribution in [2.45, 2.75) is 13.5 Å². The highest BCUT2D eigenvalue weighted by molar-refractivity contribution is 5.47. The van der Waals surface area contributed by atoms with Gasteiger partial charge in [-0.3, -0.25) is 0 Å². The van der Waals surface area contributed by atoms with Crippen molar-refractivity contribution in [3.8, 4) is 11.6 Å². The van der Waals surface area contributed by atoms with Crippen molar-refractivity contribution < 1.29 is 9.52 Å². The van der Waals surface area contributed by atoms with Gasteiger partial charge in [0.2, 0.25) is 0 Å². The van der Waals surface area contributed by atoms with Crippen LogP contribution in [-0.2, 0) is 6.54 Å². The van der Waals surface area contributed by atoms with Crippen molar-refractivity contribution in [1.29, 1.82) is 0 Å². The average Bonchev–Trinajstić information content (AvgIpc) is 2.74. The minimum absolute atomic E-state index is 0.100. The van der Waals surface area contributed by atoms with Crippen LogP contribution < -0.4 is 0 Å². The Balaban J connectivity index is 2.36. The lowest BCUT2D eigenvalue weighted by molar-refractivity contribution is 0.276. The van der Waals surface area contributed by atoms with E-state index in [4.69, 9.17) is 9.52 Å². The van der Waals surface area contributed by atoms with E-state index in [9.17, 15) is 0 Å². The summed E-state index contributed by atoms with van der Waals surface area (Å²) >= 11 is 0. The van der Waals surface area contributed by atoms with Crippen LogP contribution in [0.3, 0.4) is 0 Å². The first-order valence-electron chi connectivity index (χ1n) is 4.50. The van der Waals surface area contributed by atoms with Crippen LogP contribution in [-0.4, -0.2) is 21.3 Å². The molecule has 0 bridgehead atoms. The van der Waals surface area contributed by atoms with Crippen LogP contribution in [0.25, 0.3) is 11.6 Å². The first kappa shape index (κ1) is 9.02. The van der Waals surface area contributed by atoms with Crippen molar-refractivity contribution in [3.05, 3.63) is 30.3 Å². The van der Waals surface area contributed by atoms with E-state index in [2.05, 4.69) is 4.98 Å². The third-order valence-corrected chi connectivity index (χ3v) is 2.02. The Morgan fingerprint density at radius 1 is 1.50 bits per heavy atom. The number of hydrogen-bond acceptors (Lipinski definition) is 3. The first-order valence-corrected chi connectivity index (χ1v) is 4.50. The summed E-state index contributed by atoms with van der Waals surface area (Å²) < 4.78 is 7.31. The molecule has 14 heavy (non-hydrogen) atoms. The normalized spacial score (nSPS) is 10.7. The summed E-state index contributed by atoms with van der Waals surface area (Å²) in [5.74, 6) is 2.35. The Hall–Kier alpha value is -1.55. The first-order chi connectivity index (χ1) is 6.81. The zero-order valence-corrected chi connectivity index (χ0v) is 7.97. The number of furan rings is 1. The molecule has 74 valence electrons. The molecule has 0 aliphatic heterocycles. The summed E-state index contributed by atoms with van der Waals surface area (Å²) in [4.78, 5) is 4.18. The molecule has 0 aliphatic carbocycles. The third kappa shape index (κ3) is 1.56. The highest BCUT2D eigenvalue weighted by Gasteiger charge is 2.08. The Morgan fingerprint density at radius 3 is 3.00 bits per heavy atom. The quantitative estimate of drug-likeness (QED) is 0.800. The van der Waals surface area contributed by atoms with E-state index in [0.717, 1.165) is 17.3 Å². The lowest BCUT2D eigenvalue weighted by Crippen LogP contribution is -2.02.